The largest absolute Gasteiger partial charge is 0.436 e. The number of aryl methyl sites for hydroxylation is 1. The number of carbonyl (C=O) groups excluding carboxylic acids is 2. The molecule has 3 rings (SSSR count). The number of alkyl halides is 3. The van der Waals surface area contributed by atoms with E-state index in [4.69, 9.17) is 5.73 Å². The van der Waals surface area contributed by atoms with Crippen LogP contribution >= 0.6 is 15.9 Å². The number of hydrogen-bond acceptors (Lipinski definition) is 4. The zero-order chi connectivity index (χ0) is 20.8. The van der Waals surface area contributed by atoms with E-state index < -0.39 is 29.7 Å². The molecule has 0 aliphatic heterocycles. The normalized spacial score (nSPS) is 15.5. The maximum Gasteiger partial charge on any atom is 0.436 e. The minimum atomic E-state index is -4.65. The molecule has 1 aliphatic rings. The number of hydrogen-bond donors (Lipinski definition) is 2. The van der Waals surface area contributed by atoms with Crippen molar-refractivity contribution in [1.82, 2.24) is 19.6 Å². The molecule has 1 saturated carbocycles. The second-order valence-corrected chi connectivity index (χ2v) is 7.33. The van der Waals surface area contributed by atoms with E-state index in [1.807, 2.05) is 0 Å². The Hall–Kier alpha value is -2.37. The van der Waals surface area contributed by atoms with Gasteiger partial charge in [-0.2, -0.15) is 23.4 Å². The summed E-state index contributed by atoms with van der Waals surface area (Å²) < 4.78 is 42.1. The third-order valence-electron chi connectivity index (χ3n) is 4.44. The second-order valence-electron chi connectivity index (χ2n) is 6.54. The van der Waals surface area contributed by atoms with E-state index in [9.17, 15) is 22.8 Å². The average molecular weight is 463 g/mol. The molecule has 0 bridgehead atoms. The van der Waals surface area contributed by atoms with Gasteiger partial charge in [0.2, 0.25) is 5.91 Å². The smallest absolute Gasteiger partial charge is 0.364 e. The van der Waals surface area contributed by atoms with Crippen molar-refractivity contribution in [3.63, 3.8) is 0 Å². The number of carbonyl (C=O) groups is 2. The van der Waals surface area contributed by atoms with Crippen molar-refractivity contribution in [1.29, 1.82) is 0 Å². The highest BCUT2D eigenvalue weighted by Gasteiger charge is 2.43. The molecule has 1 unspecified atom stereocenters. The van der Waals surface area contributed by atoms with Gasteiger partial charge in [0.25, 0.3) is 5.91 Å². The van der Waals surface area contributed by atoms with Crippen molar-refractivity contribution in [2.45, 2.75) is 51.4 Å². The zero-order valence-electron chi connectivity index (χ0n) is 15.0. The Morgan fingerprint density at radius 2 is 2.04 bits per heavy atom. The monoisotopic (exact) mass is 462 g/mol. The van der Waals surface area contributed by atoms with Gasteiger partial charge in [-0.05, 0) is 42.6 Å². The number of primary amides is 1. The molecule has 28 heavy (non-hydrogen) atoms. The number of anilines is 1. The summed E-state index contributed by atoms with van der Waals surface area (Å²) in [5.74, 6) is -1.55. The van der Waals surface area contributed by atoms with Gasteiger partial charge in [-0.1, -0.05) is 0 Å². The number of aromatic nitrogens is 4. The first kappa shape index (κ1) is 20.4. The highest BCUT2D eigenvalue weighted by atomic mass is 79.9. The van der Waals surface area contributed by atoms with Crippen LogP contribution in [0.2, 0.25) is 0 Å². The summed E-state index contributed by atoms with van der Waals surface area (Å²) in [6.07, 6.45) is -1.76. The number of nitrogens with zero attached hydrogens (tertiary/aromatic N) is 4. The predicted octanol–water partition coefficient (Wildman–Crippen LogP) is 3.06. The first-order chi connectivity index (χ1) is 13.0. The van der Waals surface area contributed by atoms with Crippen LogP contribution in [-0.2, 0) is 17.5 Å². The molecule has 3 N–H and O–H groups in total. The van der Waals surface area contributed by atoms with E-state index in [0.29, 0.717) is 12.2 Å². The fourth-order valence-corrected chi connectivity index (χ4v) is 3.64. The third-order valence-corrected chi connectivity index (χ3v) is 5.22. The minimum absolute atomic E-state index is 0.0859. The van der Waals surface area contributed by atoms with E-state index >= 15 is 0 Å². The zero-order valence-corrected chi connectivity index (χ0v) is 16.6. The van der Waals surface area contributed by atoms with Crippen LogP contribution in [0.4, 0.5) is 18.9 Å². The summed E-state index contributed by atoms with van der Waals surface area (Å²) in [7, 11) is 0. The maximum atomic E-state index is 13.3. The van der Waals surface area contributed by atoms with Crippen LogP contribution in [0, 0.1) is 0 Å². The minimum Gasteiger partial charge on any atom is -0.364 e. The molecular weight excluding hydrogens is 445 g/mol. The third kappa shape index (κ3) is 3.77. The van der Waals surface area contributed by atoms with Crippen molar-refractivity contribution in [2.24, 2.45) is 5.73 Å². The van der Waals surface area contributed by atoms with Crippen LogP contribution in [0.5, 0.6) is 0 Å². The van der Waals surface area contributed by atoms with Crippen molar-refractivity contribution in [3.05, 3.63) is 27.8 Å². The van der Waals surface area contributed by atoms with E-state index in [1.54, 1.807) is 6.92 Å². The van der Waals surface area contributed by atoms with Gasteiger partial charge in [-0.3, -0.25) is 19.0 Å². The molecule has 2 heterocycles. The molecule has 1 fully saturated rings. The second kappa shape index (κ2) is 7.22. The molecular formula is C16H18BrF3N6O2. The van der Waals surface area contributed by atoms with E-state index in [-0.39, 0.29) is 21.8 Å². The fraction of sp³-hybridized carbons (Fsp3) is 0.500. The summed E-state index contributed by atoms with van der Waals surface area (Å²) in [5.41, 5.74) is 4.53. The Labute approximate surface area is 166 Å². The Balaban J connectivity index is 1.92. The predicted molar refractivity (Wildman–Crippen MR) is 96.7 cm³/mol. The molecule has 2 amide bonds. The van der Waals surface area contributed by atoms with Crippen LogP contribution in [-0.4, -0.2) is 31.4 Å². The Bertz CT molecular complexity index is 932. The lowest BCUT2D eigenvalue weighted by Gasteiger charge is -2.15. The number of nitrogens with one attached hydrogen (secondary N) is 1. The highest BCUT2D eigenvalue weighted by Crippen LogP contribution is 2.47. The molecule has 0 spiro atoms. The van der Waals surface area contributed by atoms with Gasteiger partial charge in [-0.25, -0.2) is 0 Å². The van der Waals surface area contributed by atoms with Crippen LogP contribution in [0.3, 0.4) is 0 Å². The molecule has 8 nitrogen and oxygen atoms in total. The van der Waals surface area contributed by atoms with Gasteiger partial charge in [0.1, 0.15) is 6.04 Å². The highest BCUT2D eigenvalue weighted by molar-refractivity contribution is 9.10. The van der Waals surface area contributed by atoms with Crippen molar-refractivity contribution < 1.29 is 22.8 Å². The van der Waals surface area contributed by atoms with Crippen molar-refractivity contribution in [2.75, 3.05) is 5.32 Å². The number of rotatable bonds is 6. The SMILES string of the molecule is CCn1cc(NC(=O)C(C)n2nc(C(F)(F)F)c(Br)c2C2CC2)c(C(N)=O)n1. The number of nitrogens with two attached hydrogens (primary N) is 1. The summed E-state index contributed by atoms with van der Waals surface area (Å²) >= 11 is 3.00. The van der Waals surface area contributed by atoms with Crippen LogP contribution < -0.4 is 11.1 Å². The van der Waals surface area contributed by atoms with Crippen LogP contribution in [0.1, 0.15) is 60.5 Å². The van der Waals surface area contributed by atoms with Crippen molar-refractivity contribution >= 4 is 33.4 Å². The summed E-state index contributed by atoms with van der Waals surface area (Å²) in [6, 6.07) is -1.05. The molecule has 2 aromatic rings. The number of amides is 2. The maximum absolute atomic E-state index is 13.3. The summed E-state index contributed by atoms with van der Waals surface area (Å²) in [4.78, 5) is 24.2. The number of halogens is 4. The fourth-order valence-electron chi connectivity index (χ4n) is 2.83. The molecule has 12 heteroatoms. The lowest BCUT2D eigenvalue weighted by atomic mass is 10.2. The van der Waals surface area contributed by atoms with Gasteiger partial charge >= 0.3 is 6.18 Å². The topological polar surface area (TPSA) is 108 Å². The van der Waals surface area contributed by atoms with E-state index in [0.717, 1.165) is 17.5 Å². The Morgan fingerprint density at radius 1 is 1.39 bits per heavy atom. The quantitative estimate of drug-likeness (QED) is 0.687. The average Bonchev–Trinajstić information content (AvgIpc) is 3.25. The summed E-state index contributed by atoms with van der Waals surface area (Å²) in [5, 5.41) is 10.1. The molecule has 1 aliphatic carbocycles. The Kier molecular flexibility index (Phi) is 5.26. The lowest BCUT2D eigenvalue weighted by molar-refractivity contribution is -0.142. The van der Waals surface area contributed by atoms with Crippen LogP contribution in [0.15, 0.2) is 10.7 Å². The van der Waals surface area contributed by atoms with E-state index in [2.05, 4.69) is 31.4 Å². The van der Waals surface area contributed by atoms with Gasteiger partial charge in [-0.15, -0.1) is 0 Å². The molecule has 0 aromatic carbocycles. The molecule has 0 radical (unpaired) electrons. The molecule has 0 saturated heterocycles. The lowest BCUT2D eigenvalue weighted by Crippen LogP contribution is -2.27. The van der Waals surface area contributed by atoms with Gasteiger partial charge < -0.3 is 11.1 Å². The first-order valence-corrected chi connectivity index (χ1v) is 9.37. The molecule has 2 aromatic heterocycles. The molecule has 152 valence electrons. The van der Waals surface area contributed by atoms with Gasteiger partial charge in [0.05, 0.1) is 15.9 Å². The van der Waals surface area contributed by atoms with Gasteiger partial charge in [0, 0.05) is 18.7 Å². The first-order valence-electron chi connectivity index (χ1n) is 8.57. The Morgan fingerprint density at radius 3 is 2.54 bits per heavy atom. The standard InChI is InChI=1S/C16H18BrF3N6O2/c1-3-25-6-9(11(23-25)14(21)27)22-15(28)7(2)26-12(8-4-5-8)10(17)13(24-26)16(18,19)20/h6-8H,3-5H2,1-2H3,(H2,21,27)(H,22,28). The van der Waals surface area contributed by atoms with Crippen molar-refractivity contribution in [3.8, 4) is 0 Å². The van der Waals surface area contributed by atoms with Gasteiger partial charge in [0.15, 0.2) is 11.4 Å². The summed E-state index contributed by atoms with van der Waals surface area (Å²) in [6.45, 7) is 3.67. The molecule has 1 atom stereocenters. The van der Waals surface area contributed by atoms with E-state index in [1.165, 1.54) is 17.8 Å². The van der Waals surface area contributed by atoms with Crippen LogP contribution in [0.25, 0.3) is 0 Å².